The topological polar surface area (TPSA) is 65.0 Å². The van der Waals surface area contributed by atoms with E-state index in [9.17, 15) is 9.90 Å². The normalized spacial score (nSPS) is 12.8. The number of carbonyl (C=O) groups is 1. The van der Waals surface area contributed by atoms with Gasteiger partial charge in [0.1, 0.15) is 6.61 Å². The van der Waals surface area contributed by atoms with Gasteiger partial charge in [-0.05, 0) is 59.7 Å². The molecule has 0 fully saturated rings. The number of hydrogen-bond donors (Lipinski definition) is 2. The number of ether oxygens (including phenoxy) is 1. The van der Waals surface area contributed by atoms with Gasteiger partial charge in [0.25, 0.3) is 0 Å². The molecular formula is C30H39N3O3S. The standard InChI is InChI=1S/C30H39N3O3S/c1-23(2)20-33(37-27-17-15-26(16-18-27)32(3)4)21-29(34)28(19-24-11-7-5-8-12-24)31-30(35)36-22-25-13-9-6-10-14-25/h5-18,23,28-29,34H,19-22H2,1-4H3,(H,31,35)/t28-,29?/m0/s1. The zero-order valence-electron chi connectivity index (χ0n) is 22.2. The molecule has 0 spiro atoms. The smallest absolute Gasteiger partial charge is 0.407 e. The van der Waals surface area contributed by atoms with E-state index in [1.165, 1.54) is 0 Å². The van der Waals surface area contributed by atoms with E-state index < -0.39 is 18.2 Å². The number of rotatable bonds is 13. The van der Waals surface area contributed by atoms with Crippen LogP contribution >= 0.6 is 11.9 Å². The fourth-order valence-electron chi connectivity index (χ4n) is 3.91. The fourth-order valence-corrected chi connectivity index (χ4v) is 5.07. The Morgan fingerprint density at radius 3 is 2.05 bits per heavy atom. The monoisotopic (exact) mass is 521 g/mol. The van der Waals surface area contributed by atoms with Crippen molar-refractivity contribution in [2.45, 2.75) is 43.9 Å². The summed E-state index contributed by atoms with van der Waals surface area (Å²) < 4.78 is 7.63. The highest BCUT2D eigenvalue weighted by Gasteiger charge is 2.26. The van der Waals surface area contributed by atoms with Crippen molar-refractivity contribution in [3.8, 4) is 0 Å². The minimum atomic E-state index is -0.795. The Kier molecular flexibility index (Phi) is 11.3. The average molecular weight is 522 g/mol. The number of anilines is 1. The second-order valence-electron chi connectivity index (χ2n) is 9.79. The molecule has 0 saturated carbocycles. The molecule has 0 heterocycles. The zero-order valence-corrected chi connectivity index (χ0v) is 23.0. The highest BCUT2D eigenvalue weighted by atomic mass is 32.2. The molecule has 198 valence electrons. The summed E-state index contributed by atoms with van der Waals surface area (Å²) in [6.45, 7) is 5.70. The van der Waals surface area contributed by atoms with Gasteiger partial charge in [-0.2, -0.15) is 0 Å². The van der Waals surface area contributed by atoms with Crippen molar-refractivity contribution in [1.82, 2.24) is 9.62 Å². The van der Waals surface area contributed by atoms with E-state index >= 15 is 0 Å². The van der Waals surface area contributed by atoms with E-state index in [4.69, 9.17) is 4.74 Å². The van der Waals surface area contributed by atoms with Crippen LogP contribution in [-0.4, -0.2) is 54.8 Å². The van der Waals surface area contributed by atoms with E-state index in [0.717, 1.165) is 28.3 Å². The molecule has 6 nitrogen and oxygen atoms in total. The summed E-state index contributed by atoms with van der Waals surface area (Å²) in [6, 6.07) is 27.3. The first kappa shape index (κ1) is 28.6. The van der Waals surface area contributed by atoms with Gasteiger partial charge in [0.15, 0.2) is 0 Å². The third kappa shape index (κ3) is 10.1. The van der Waals surface area contributed by atoms with Gasteiger partial charge in [0, 0.05) is 37.8 Å². The van der Waals surface area contributed by atoms with Crippen LogP contribution in [-0.2, 0) is 17.8 Å². The van der Waals surface area contributed by atoms with Crippen LogP contribution in [0.2, 0.25) is 0 Å². The van der Waals surface area contributed by atoms with Crippen LogP contribution in [0.5, 0.6) is 0 Å². The first-order chi connectivity index (χ1) is 17.8. The van der Waals surface area contributed by atoms with Crippen LogP contribution < -0.4 is 10.2 Å². The van der Waals surface area contributed by atoms with Gasteiger partial charge in [-0.15, -0.1) is 0 Å². The molecule has 0 radical (unpaired) electrons. The van der Waals surface area contributed by atoms with Crippen molar-refractivity contribution >= 4 is 23.7 Å². The van der Waals surface area contributed by atoms with Crippen LogP contribution in [0.3, 0.4) is 0 Å². The lowest BCUT2D eigenvalue weighted by atomic mass is 10.0. The molecule has 0 aliphatic heterocycles. The fraction of sp³-hybridized carbons (Fsp3) is 0.367. The molecular weight excluding hydrogens is 482 g/mol. The number of nitrogens with zero attached hydrogens (tertiary/aromatic N) is 2. The van der Waals surface area contributed by atoms with Crippen LogP contribution in [0.4, 0.5) is 10.5 Å². The number of alkyl carbamates (subject to hydrolysis) is 1. The van der Waals surface area contributed by atoms with Crippen molar-refractivity contribution in [2.24, 2.45) is 5.92 Å². The van der Waals surface area contributed by atoms with Crippen LogP contribution in [0.25, 0.3) is 0 Å². The Bertz CT molecular complexity index is 1060. The van der Waals surface area contributed by atoms with Gasteiger partial charge >= 0.3 is 6.09 Å². The highest BCUT2D eigenvalue weighted by molar-refractivity contribution is 7.97. The van der Waals surface area contributed by atoms with Crippen molar-refractivity contribution in [1.29, 1.82) is 0 Å². The lowest BCUT2D eigenvalue weighted by molar-refractivity contribution is 0.0892. The molecule has 0 saturated heterocycles. The Labute approximate surface area is 225 Å². The molecule has 3 rings (SSSR count). The lowest BCUT2D eigenvalue weighted by Gasteiger charge is -2.30. The van der Waals surface area contributed by atoms with Crippen LogP contribution in [0.15, 0.2) is 89.8 Å². The molecule has 3 aromatic rings. The summed E-state index contributed by atoms with van der Waals surface area (Å²) in [4.78, 5) is 15.9. The van der Waals surface area contributed by atoms with Gasteiger partial charge in [-0.25, -0.2) is 9.10 Å². The molecule has 2 N–H and O–H groups in total. The van der Waals surface area contributed by atoms with Gasteiger partial charge in [-0.1, -0.05) is 74.5 Å². The van der Waals surface area contributed by atoms with E-state index in [1.807, 2.05) is 74.8 Å². The molecule has 1 unspecified atom stereocenters. The third-order valence-electron chi connectivity index (χ3n) is 5.83. The summed E-state index contributed by atoms with van der Waals surface area (Å²) in [7, 11) is 4.04. The SMILES string of the molecule is CC(C)CN(CC(O)[C@H](Cc1ccccc1)NC(=O)OCc1ccccc1)Sc1ccc(N(C)C)cc1. The first-order valence-electron chi connectivity index (χ1n) is 12.7. The predicted octanol–water partition coefficient (Wildman–Crippen LogP) is 5.62. The zero-order chi connectivity index (χ0) is 26.6. The van der Waals surface area contributed by atoms with Crippen molar-refractivity contribution < 1.29 is 14.6 Å². The first-order valence-corrected chi connectivity index (χ1v) is 13.5. The van der Waals surface area contributed by atoms with Crippen molar-refractivity contribution in [3.63, 3.8) is 0 Å². The van der Waals surface area contributed by atoms with Gasteiger partial charge in [0.05, 0.1) is 12.1 Å². The molecule has 0 aliphatic rings. The Balaban J connectivity index is 1.69. The summed E-state index contributed by atoms with van der Waals surface area (Å²) >= 11 is 1.63. The van der Waals surface area contributed by atoms with E-state index in [-0.39, 0.29) is 6.61 Å². The molecule has 1 amide bonds. The predicted molar refractivity (Wildman–Crippen MR) is 153 cm³/mol. The minimum absolute atomic E-state index is 0.180. The number of amides is 1. The summed E-state index contributed by atoms with van der Waals surface area (Å²) in [5, 5.41) is 14.3. The molecule has 0 aromatic heterocycles. The largest absolute Gasteiger partial charge is 0.445 e. The number of hydrogen-bond acceptors (Lipinski definition) is 6. The maximum absolute atomic E-state index is 12.7. The van der Waals surface area contributed by atoms with Crippen LogP contribution in [0.1, 0.15) is 25.0 Å². The Morgan fingerprint density at radius 1 is 0.892 bits per heavy atom. The number of aliphatic hydroxyl groups is 1. The van der Waals surface area contributed by atoms with Gasteiger partial charge in [0.2, 0.25) is 0 Å². The second kappa shape index (κ2) is 14.7. The average Bonchev–Trinajstić information content (AvgIpc) is 2.88. The van der Waals surface area contributed by atoms with E-state index in [0.29, 0.717) is 18.9 Å². The number of carbonyl (C=O) groups excluding carboxylic acids is 1. The second-order valence-corrected chi connectivity index (χ2v) is 11.0. The quantitative estimate of drug-likeness (QED) is 0.285. The van der Waals surface area contributed by atoms with Gasteiger partial charge in [-0.3, -0.25) is 0 Å². The van der Waals surface area contributed by atoms with Crippen LogP contribution in [0, 0.1) is 5.92 Å². The number of nitrogens with one attached hydrogen (secondary N) is 1. The van der Waals surface area contributed by atoms with E-state index in [1.54, 1.807) is 11.9 Å². The lowest BCUT2D eigenvalue weighted by Crippen LogP contribution is -2.49. The summed E-state index contributed by atoms with van der Waals surface area (Å²) in [5.74, 6) is 0.414. The summed E-state index contributed by atoms with van der Waals surface area (Å²) in [5.41, 5.74) is 3.09. The third-order valence-corrected chi connectivity index (χ3v) is 6.87. The molecule has 0 bridgehead atoms. The molecule has 0 aliphatic carbocycles. The van der Waals surface area contributed by atoms with Gasteiger partial charge < -0.3 is 20.1 Å². The summed E-state index contributed by atoms with van der Waals surface area (Å²) in [6.07, 6.45) is -0.830. The Morgan fingerprint density at radius 2 is 1.49 bits per heavy atom. The molecule has 3 aromatic carbocycles. The minimum Gasteiger partial charge on any atom is -0.445 e. The molecule has 7 heteroatoms. The Hall–Kier alpha value is -3.00. The van der Waals surface area contributed by atoms with Crippen molar-refractivity contribution in [3.05, 3.63) is 96.1 Å². The maximum Gasteiger partial charge on any atom is 0.407 e. The molecule has 37 heavy (non-hydrogen) atoms. The number of benzene rings is 3. The molecule has 2 atom stereocenters. The van der Waals surface area contributed by atoms with E-state index in [2.05, 4.69) is 52.6 Å². The maximum atomic E-state index is 12.7. The van der Waals surface area contributed by atoms with Crippen molar-refractivity contribution in [2.75, 3.05) is 32.1 Å². The highest BCUT2D eigenvalue weighted by Crippen LogP contribution is 2.26. The number of aliphatic hydroxyl groups excluding tert-OH is 1.